The lowest BCUT2D eigenvalue weighted by Crippen LogP contribution is -2.24. The van der Waals surface area contributed by atoms with Crippen molar-refractivity contribution >= 4 is 5.95 Å². The van der Waals surface area contributed by atoms with Crippen LogP contribution < -0.4 is 15.0 Å². The molecule has 3 aromatic rings. The summed E-state index contributed by atoms with van der Waals surface area (Å²) in [6.45, 7) is 2.68. The fourth-order valence-corrected chi connectivity index (χ4v) is 3.16. The predicted octanol–water partition coefficient (Wildman–Crippen LogP) is 3.93. The lowest BCUT2D eigenvalue weighted by Gasteiger charge is -2.20. The lowest BCUT2D eigenvalue weighted by molar-refractivity contribution is 0.413. The number of methoxy groups -OCH3 is 1. The molecule has 0 saturated heterocycles. The topological polar surface area (TPSA) is 50.3 Å². The molecule has 1 unspecified atom stereocenters. The Labute approximate surface area is 167 Å². The molecule has 3 rings (SSSR count). The molecule has 1 N–H and O–H groups in total. The van der Waals surface area contributed by atoms with Gasteiger partial charge in [-0.3, -0.25) is 0 Å². The first-order valence-electron chi connectivity index (χ1n) is 9.48. The number of anilines is 1. The van der Waals surface area contributed by atoms with Crippen molar-refractivity contribution in [2.45, 2.75) is 25.9 Å². The van der Waals surface area contributed by atoms with Crippen molar-refractivity contribution in [2.75, 3.05) is 26.1 Å². The molecule has 0 bridgehead atoms. The monoisotopic (exact) mass is 376 g/mol. The second-order valence-electron chi connectivity index (χ2n) is 7.09. The molecule has 0 amide bonds. The highest BCUT2D eigenvalue weighted by molar-refractivity contribution is 5.32. The molecule has 1 aromatic heterocycles. The van der Waals surface area contributed by atoms with Crippen molar-refractivity contribution in [1.29, 1.82) is 0 Å². The summed E-state index contributed by atoms with van der Waals surface area (Å²) >= 11 is 0. The molecule has 0 fully saturated rings. The van der Waals surface area contributed by atoms with Crippen molar-refractivity contribution in [3.63, 3.8) is 0 Å². The highest BCUT2D eigenvalue weighted by atomic mass is 16.5. The van der Waals surface area contributed by atoms with Crippen molar-refractivity contribution in [2.24, 2.45) is 0 Å². The minimum atomic E-state index is 0.173. The summed E-state index contributed by atoms with van der Waals surface area (Å²) < 4.78 is 5.38. The van der Waals surface area contributed by atoms with E-state index in [0.717, 1.165) is 29.5 Å². The zero-order chi connectivity index (χ0) is 19.9. The van der Waals surface area contributed by atoms with E-state index in [4.69, 9.17) is 4.74 Å². The van der Waals surface area contributed by atoms with Crippen molar-refractivity contribution < 1.29 is 4.74 Å². The molecule has 0 aliphatic carbocycles. The number of rotatable bonds is 8. The molecule has 28 heavy (non-hydrogen) atoms. The van der Waals surface area contributed by atoms with Crippen LogP contribution >= 0.6 is 0 Å². The molecule has 0 radical (unpaired) electrons. The summed E-state index contributed by atoms with van der Waals surface area (Å²) in [4.78, 5) is 11.1. The molecule has 2 aromatic carbocycles. The van der Waals surface area contributed by atoms with Gasteiger partial charge >= 0.3 is 0 Å². The molecule has 146 valence electrons. The highest BCUT2D eigenvalue weighted by Gasteiger charge is 2.13. The molecule has 1 atom stereocenters. The molecule has 5 heteroatoms. The zero-order valence-corrected chi connectivity index (χ0v) is 17.0. The van der Waals surface area contributed by atoms with Gasteiger partial charge in [0.05, 0.1) is 12.8 Å². The Morgan fingerprint density at radius 3 is 2.50 bits per heavy atom. The summed E-state index contributed by atoms with van der Waals surface area (Å²) in [5.41, 5.74) is 4.44. The van der Waals surface area contributed by atoms with E-state index in [2.05, 4.69) is 51.7 Å². The van der Waals surface area contributed by atoms with Crippen LogP contribution in [0.4, 0.5) is 5.95 Å². The van der Waals surface area contributed by atoms with E-state index in [1.54, 1.807) is 7.11 Å². The van der Waals surface area contributed by atoms with Crippen molar-refractivity contribution in [1.82, 2.24) is 15.3 Å². The van der Waals surface area contributed by atoms with E-state index in [1.165, 1.54) is 11.1 Å². The Kier molecular flexibility index (Phi) is 6.61. The number of ether oxygens (including phenoxy) is 1. The van der Waals surface area contributed by atoms with Crippen LogP contribution in [0.25, 0.3) is 0 Å². The maximum absolute atomic E-state index is 5.38. The summed E-state index contributed by atoms with van der Waals surface area (Å²) in [6, 6.07) is 21.0. The average molecular weight is 377 g/mol. The third-order valence-electron chi connectivity index (χ3n) is 4.60. The number of nitrogens with zero attached hydrogens (tertiary/aromatic N) is 3. The van der Waals surface area contributed by atoms with Crippen LogP contribution in [0.15, 0.2) is 60.7 Å². The van der Waals surface area contributed by atoms with Gasteiger partial charge in [0.25, 0.3) is 0 Å². The SMILES string of the molecule is COc1cccc(CC(NCc2cc(C)nc(N(C)C)n2)c2ccccc2)c1. The standard InChI is InChI=1S/C23H28N4O/c1-17-13-20(26-23(25-17)27(2)3)16-24-22(19-10-6-5-7-11-19)15-18-9-8-12-21(14-18)28-4/h5-14,22,24H,15-16H2,1-4H3. The minimum Gasteiger partial charge on any atom is -0.497 e. The number of benzene rings is 2. The van der Waals surface area contributed by atoms with Crippen molar-refractivity contribution in [3.8, 4) is 5.75 Å². The van der Waals surface area contributed by atoms with E-state index < -0.39 is 0 Å². The molecular formula is C23H28N4O. The summed E-state index contributed by atoms with van der Waals surface area (Å²) in [5, 5.41) is 3.68. The van der Waals surface area contributed by atoms with E-state index in [0.29, 0.717) is 6.54 Å². The first-order valence-corrected chi connectivity index (χ1v) is 9.48. The minimum absolute atomic E-state index is 0.173. The Morgan fingerprint density at radius 1 is 1.00 bits per heavy atom. The maximum atomic E-state index is 5.38. The van der Waals surface area contributed by atoms with Gasteiger partial charge in [0.15, 0.2) is 0 Å². The third kappa shape index (κ3) is 5.30. The average Bonchev–Trinajstić information content (AvgIpc) is 2.71. The van der Waals surface area contributed by atoms with E-state index in [9.17, 15) is 0 Å². The normalized spacial score (nSPS) is 11.9. The van der Waals surface area contributed by atoms with Crippen LogP contribution in [0, 0.1) is 6.92 Å². The van der Waals surface area contributed by atoms with E-state index >= 15 is 0 Å². The van der Waals surface area contributed by atoms with E-state index in [-0.39, 0.29) is 6.04 Å². The molecule has 1 heterocycles. The summed E-state index contributed by atoms with van der Waals surface area (Å²) in [6.07, 6.45) is 0.867. The van der Waals surface area contributed by atoms with Gasteiger partial charge in [0, 0.05) is 32.4 Å². The van der Waals surface area contributed by atoms with Crippen LogP contribution in [0.3, 0.4) is 0 Å². The number of aryl methyl sites for hydroxylation is 1. The third-order valence-corrected chi connectivity index (χ3v) is 4.60. The molecule has 5 nitrogen and oxygen atoms in total. The Balaban J connectivity index is 1.80. The Bertz CT molecular complexity index is 896. The molecule has 0 aliphatic heterocycles. The second-order valence-corrected chi connectivity index (χ2v) is 7.09. The summed E-state index contributed by atoms with van der Waals surface area (Å²) in [7, 11) is 5.62. The molecular weight excluding hydrogens is 348 g/mol. The zero-order valence-electron chi connectivity index (χ0n) is 17.0. The molecule has 0 spiro atoms. The van der Waals surface area contributed by atoms with Crippen LogP contribution in [-0.4, -0.2) is 31.2 Å². The Hall–Kier alpha value is -2.92. The Morgan fingerprint density at radius 2 is 1.79 bits per heavy atom. The van der Waals surface area contributed by atoms with Gasteiger partial charge in [-0.1, -0.05) is 42.5 Å². The largest absolute Gasteiger partial charge is 0.497 e. The molecule has 0 aliphatic rings. The molecule has 0 saturated carbocycles. The number of aromatic nitrogens is 2. The van der Waals surface area contributed by atoms with E-state index in [1.807, 2.05) is 50.2 Å². The van der Waals surface area contributed by atoms with Gasteiger partial charge in [-0.05, 0) is 42.7 Å². The predicted molar refractivity (Wildman–Crippen MR) is 114 cm³/mol. The number of hydrogen-bond acceptors (Lipinski definition) is 5. The smallest absolute Gasteiger partial charge is 0.225 e. The summed E-state index contributed by atoms with van der Waals surface area (Å²) in [5.74, 6) is 1.62. The first-order chi connectivity index (χ1) is 13.5. The van der Waals surface area contributed by atoms with Gasteiger partial charge in [0.1, 0.15) is 5.75 Å². The highest BCUT2D eigenvalue weighted by Crippen LogP contribution is 2.22. The van der Waals surface area contributed by atoms with Crippen molar-refractivity contribution in [3.05, 3.63) is 83.2 Å². The second kappa shape index (κ2) is 9.33. The maximum Gasteiger partial charge on any atom is 0.225 e. The van der Waals surface area contributed by atoms with Crippen LogP contribution in [-0.2, 0) is 13.0 Å². The van der Waals surface area contributed by atoms with Gasteiger partial charge < -0.3 is 15.0 Å². The number of hydrogen-bond donors (Lipinski definition) is 1. The fourth-order valence-electron chi connectivity index (χ4n) is 3.16. The number of nitrogens with one attached hydrogen (secondary N) is 1. The van der Waals surface area contributed by atoms with Gasteiger partial charge in [-0.15, -0.1) is 0 Å². The van der Waals surface area contributed by atoms with Crippen LogP contribution in [0.2, 0.25) is 0 Å². The van der Waals surface area contributed by atoms with Gasteiger partial charge in [-0.2, -0.15) is 0 Å². The van der Waals surface area contributed by atoms with Gasteiger partial charge in [-0.25, -0.2) is 9.97 Å². The van der Waals surface area contributed by atoms with Crippen LogP contribution in [0.1, 0.15) is 28.6 Å². The van der Waals surface area contributed by atoms with Gasteiger partial charge in [0.2, 0.25) is 5.95 Å². The fraction of sp³-hybridized carbons (Fsp3) is 0.304. The lowest BCUT2D eigenvalue weighted by atomic mass is 9.98. The first kappa shape index (κ1) is 19.8. The van der Waals surface area contributed by atoms with Crippen LogP contribution in [0.5, 0.6) is 5.75 Å². The quantitative estimate of drug-likeness (QED) is 0.645.